The Morgan fingerprint density at radius 2 is 2.15 bits per heavy atom. The van der Waals surface area contributed by atoms with Gasteiger partial charge in [-0.2, -0.15) is 0 Å². The molecule has 4 nitrogen and oxygen atoms in total. The minimum absolute atomic E-state index is 0.0164. The molecular formula is C14H13FN2O2S. The first-order valence-electron chi connectivity index (χ1n) is 6.00. The third kappa shape index (κ3) is 2.85. The number of amides is 1. The number of benzene rings is 1. The molecule has 0 radical (unpaired) electrons. The molecule has 104 valence electrons. The summed E-state index contributed by atoms with van der Waals surface area (Å²) < 4.78 is 18.4. The standard InChI is InChI=1S/C14H13FN2O2S/c1-2-12-9(5-6-19-12)14(18)17-11-4-3-8(15)7-10(11)13(16)20/h3-7H,2H2,1H3,(H2,16,20)(H,17,18). The molecule has 1 amide bonds. The monoisotopic (exact) mass is 292 g/mol. The third-order valence-corrected chi connectivity index (χ3v) is 3.03. The van der Waals surface area contributed by atoms with Crippen LogP contribution in [0.2, 0.25) is 0 Å². The van der Waals surface area contributed by atoms with Crippen molar-refractivity contribution < 1.29 is 13.6 Å². The molecule has 6 heteroatoms. The number of hydrogen-bond donors (Lipinski definition) is 2. The van der Waals surface area contributed by atoms with Crippen molar-refractivity contribution in [2.24, 2.45) is 5.73 Å². The summed E-state index contributed by atoms with van der Waals surface area (Å²) in [6, 6.07) is 5.42. The zero-order chi connectivity index (χ0) is 14.7. The van der Waals surface area contributed by atoms with Crippen molar-refractivity contribution >= 4 is 28.8 Å². The summed E-state index contributed by atoms with van der Waals surface area (Å²) in [7, 11) is 0. The van der Waals surface area contributed by atoms with Crippen molar-refractivity contribution in [2.75, 3.05) is 5.32 Å². The van der Waals surface area contributed by atoms with Gasteiger partial charge < -0.3 is 15.5 Å². The molecule has 1 aromatic heterocycles. The number of carbonyl (C=O) groups is 1. The van der Waals surface area contributed by atoms with Crippen LogP contribution < -0.4 is 11.1 Å². The molecule has 0 aliphatic heterocycles. The largest absolute Gasteiger partial charge is 0.469 e. The maximum atomic E-state index is 13.2. The second-order valence-corrected chi connectivity index (χ2v) is 4.56. The number of nitrogens with one attached hydrogen (secondary N) is 1. The molecular weight excluding hydrogens is 279 g/mol. The molecule has 0 aliphatic rings. The molecule has 0 aliphatic carbocycles. The zero-order valence-corrected chi connectivity index (χ0v) is 11.6. The highest BCUT2D eigenvalue weighted by atomic mass is 32.1. The molecule has 0 atom stereocenters. The average Bonchev–Trinajstić information content (AvgIpc) is 2.89. The van der Waals surface area contributed by atoms with Gasteiger partial charge in [0.05, 0.1) is 17.5 Å². The molecule has 2 aromatic rings. The Morgan fingerprint density at radius 1 is 1.40 bits per heavy atom. The molecule has 20 heavy (non-hydrogen) atoms. The Kier molecular flexibility index (Phi) is 4.14. The number of rotatable bonds is 4. The zero-order valence-electron chi connectivity index (χ0n) is 10.8. The van der Waals surface area contributed by atoms with Crippen molar-refractivity contribution in [2.45, 2.75) is 13.3 Å². The summed E-state index contributed by atoms with van der Waals surface area (Å²) in [6.07, 6.45) is 2.05. The van der Waals surface area contributed by atoms with E-state index in [0.29, 0.717) is 23.4 Å². The van der Waals surface area contributed by atoms with Gasteiger partial charge in [-0.05, 0) is 24.3 Å². The van der Waals surface area contributed by atoms with E-state index in [2.05, 4.69) is 5.32 Å². The predicted octanol–water partition coefficient (Wildman–Crippen LogP) is 2.87. The lowest BCUT2D eigenvalue weighted by Crippen LogP contribution is -2.18. The van der Waals surface area contributed by atoms with Crippen LogP contribution in [-0.4, -0.2) is 10.9 Å². The lowest BCUT2D eigenvalue weighted by atomic mass is 10.1. The Hall–Kier alpha value is -2.21. The summed E-state index contributed by atoms with van der Waals surface area (Å²) in [4.78, 5) is 12.2. The maximum Gasteiger partial charge on any atom is 0.259 e. The van der Waals surface area contributed by atoms with Crippen molar-refractivity contribution in [1.82, 2.24) is 0 Å². The molecule has 3 N–H and O–H groups in total. The summed E-state index contributed by atoms with van der Waals surface area (Å²) in [5, 5.41) is 2.66. The number of carbonyl (C=O) groups excluding carboxylic acids is 1. The van der Waals surface area contributed by atoms with Gasteiger partial charge in [0.15, 0.2) is 0 Å². The number of anilines is 1. The lowest BCUT2D eigenvalue weighted by Gasteiger charge is -2.10. The van der Waals surface area contributed by atoms with Gasteiger partial charge in [-0.3, -0.25) is 4.79 Å². The second-order valence-electron chi connectivity index (χ2n) is 4.12. The van der Waals surface area contributed by atoms with E-state index in [1.54, 1.807) is 6.07 Å². The van der Waals surface area contributed by atoms with E-state index in [1.807, 2.05) is 6.92 Å². The van der Waals surface area contributed by atoms with Gasteiger partial charge in [-0.1, -0.05) is 19.1 Å². The SMILES string of the molecule is CCc1occc1C(=O)Nc1ccc(F)cc1C(N)=S. The van der Waals surface area contributed by atoms with Crippen LogP contribution in [0.25, 0.3) is 0 Å². The summed E-state index contributed by atoms with van der Waals surface area (Å²) in [5.41, 5.74) is 6.62. The molecule has 0 bridgehead atoms. The molecule has 0 spiro atoms. The molecule has 1 heterocycles. The van der Waals surface area contributed by atoms with Gasteiger partial charge >= 0.3 is 0 Å². The van der Waals surface area contributed by atoms with Crippen LogP contribution in [0.4, 0.5) is 10.1 Å². The van der Waals surface area contributed by atoms with E-state index in [-0.39, 0.29) is 16.5 Å². The highest BCUT2D eigenvalue weighted by molar-refractivity contribution is 7.80. The first-order valence-corrected chi connectivity index (χ1v) is 6.40. The Bertz CT molecular complexity index is 667. The smallest absolute Gasteiger partial charge is 0.259 e. The van der Waals surface area contributed by atoms with E-state index in [1.165, 1.54) is 24.5 Å². The lowest BCUT2D eigenvalue weighted by molar-refractivity contribution is 0.102. The molecule has 0 fully saturated rings. The van der Waals surface area contributed by atoms with Crippen LogP contribution in [0, 0.1) is 5.82 Å². The Balaban J connectivity index is 2.31. The number of nitrogens with two attached hydrogens (primary N) is 1. The Labute approximate surface area is 120 Å². The highest BCUT2D eigenvalue weighted by Gasteiger charge is 2.16. The molecule has 0 saturated heterocycles. The number of hydrogen-bond acceptors (Lipinski definition) is 3. The first-order chi connectivity index (χ1) is 9.52. The highest BCUT2D eigenvalue weighted by Crippen LogP contribution is 2.19. The number of aryl methyl sites for hydroxylation is 1. The van der Waals surface area contributed by atoms with E-state index < -0.39 is 5.82 Å². The van der Waals surface area contributed by atoms with Crippen LogP contribution in [-0.2, 0) is 6.42 Å². The number of furan rings is 1. The van der Waals surface area contributed by atoms with E-state index in [0.717, 1.165) is 0 Å². The Morgan fingerprint density at radius 3 is 2.80 bits per heavy atom. The van der Waals surface area contributed by atoms with Crippen LogP contribution in [0.3, 0.4) is 0 Å². The van der Waals surface area contributed by atoms with Gasteiger partial charge in [0, 0.05) is 12.0 Å². The van der Waals surface area contributed by atoms with E-state index >= 15 is 0 Å². The van der Waals surface area contributed by atoms with E-state index in [4.69, 9.17) is 22.4 Å². The van der Waals surface area contributed by atoms with Gasteiger partial charge in [0.25, 0.3) is 5.91 Å². The summed E-state index contributed by atoms with van der Waals surface area (Å²) in [6.45, 7) is 1.88. The summed E-state index contributed by atoms with van der Waals surface area (Å²) >= 11 is 4.85. The van der Waals surface area contributed by atoms with Crippen LogP contribution >= 0.6 is 12.2 Å². The molecule has 0 saturated carbocycles. The minimum atomic E-state index is -0.469. The van der Waals surface area contributed by atoms with Gasteiger partial charge in [-0.15, -0.1) is 0 Å². The minimum Gasteiger partial charge on any atom is -0.469 e. The fraction of sp³-hybridized carbons (Fsp3) is 0.143. The normalized spacial score (nSPS) is 10.3. The predicted molar refractivity (Wildman–Crippen MR) is 78.3 cm³/mol. The number of thiocarbonyl (C=S) groups is 1. The fourth-order valence-electron chi connectivity index (χ4n) is 1.84. The summed E-state index contributed by atoms with van der Waals surface area (Å²) in [5.74, 6) is -0.232. The van der Waals surface area contributed by atoms with Crippen molar-refractivity contribution in [3.05, 3.63) is 53.2 Å². The van der Waals surface area contributed by atoms with E-state index in [9.17, 15) is 9.18 Å². The first kappa shape index (κ1) is 14.2. The van der Waals surface area contributed by atoms with Gasteiger partial charge in [-0.25, -0.2) is 4.39 Å². The van der Waals surface area contributed by atoms with Gasteiger partial charge in [0.2, 0.25) is 0 Å². The molecule has 0 unspecified atom stereocenters. The average molecular weight is 292 g/mol. The third-order valence-electron chi connectivity index (χ3n) is 2.81. The molecule has 1 aromatic carbocycles. The fourth-order valence-corrected chi connectivity index (χ4v) is 2.00. The van der Waals surface area contributed by atoms with Gasteiger partial charge in [0.1, 0.15) is 16.6 Å². The van der Waals surface area contributed by atoms with Crippen LogP contribution in [0.1, 0.15) is 28.6 Å². The quantitative estimate of drug-likeness (QED) is 0.850. The topological polar surface area (TPSA) is 68.3 Å². The maximum absolute atomic E-state index is 13.2. The molecule has 2 rings (SSSR count). The second kappa shape index (κ2) is 5.83. The van der Waals surface area contributed by atoms with Crippen LogP contribution in [0.15, 0.2) is 34.9 Å². The van der Waals surface area contributed by atoms with Crippen molar-refractivity contribution in [1.29, 1.82) is 0 Å². The van der Waals surface area contributed by atoms with Crippen molar-refractivity contribution in [3.63, 3.8) is 0 Å². The van der Waals surface area contributed by atoms with Crippen molar-refractivity contribution in [3.8, 4) is 0 Å². The number of halogens is 1. The van der Waals surface area contributed by atoms with Crippen LogP contribution in [0.5, 0.6) is 0 Å².